The van der Waals surface area contributed by atoms with Gasteiger partial charge in [-0.3, -0.25) is 14.5 Å². The van der Waals surface area contributed by atoms with Gasteiger partial charge in [-0.15, -0.1) is 0 Å². The van der Waals surface area contributed by atoms with E-state index in [1.165, 1.54) is 0 Å². The second-order valence-corrected chi connectivity index (χ2v) is 7.33. The maximum absolute atomic E-state index is 12.5. The van der Waals surface area contributed by atoms with E-state index >= 15 is 0 Å². The van der Waals surface area contributed by atoms with Crippen LogP contribution in [0.1, 0.15) is 34.3 Å². The molecule has 0 bridgehead atoms. The normalized spacial score (nSPS) is 13.3. The Hall–Kier alpha value is -2.86. The van der Waals surface area contributed by atoms with Crippen LogP contribution in [0.4, 0.5) is 5.69 Å². The fraction of sp³-hybridized carbons (Fsp3) is 0.364. The molecule has 1 aliphatic rings. The average molecular weight is 381 g/mol. The molecule has 0 radical (unpaired) electrons. The molecule has 0 aliphatic heterocycles. The van der Waals surface area contributed by atoms with Crippen molar-refractivity contribution in [2.75, 3.05) is 26.0 Å². The molecule has 2 aromatic carbocycles. The SMILES string of the molecule is COc1ccc(C)cc1CN(C)CC(=O)Nc1ccccc1C(=O)NC1CC1. The molecule has 0 saturated heterocycles. The number of hydrogen-bond acceptors (Lipinski definition) is 4. The number of methoxy groups -OCH3 is 1. The van der Waals surface area contributed by atoms with Gasteiger partial charge in [0.05, 0.1) is 24.9 Å². The lowest BCUT2D eigenvalue weighted by Gasteiger charge is -2.19. The van der Waals surface area contributed by atoms with Crippen molar-refractivity contribution < 1.29 is 14.3 Å². The highest BCUT2D eigenvalue weighted by atomic mass is 16.5. The van der Waals surface area contributed by atoms with Gasteiger partial charge in [0.2, 0.25) is 5.91 Å². The molecule has 2 aromatic rings. The third kappa shape index (κ3) is 5.33. The van der Waals surface area contributed by atoms with Gasteiger partial charge in [0.1, 0.15) is 5.75 Å². The van der Waals surface area contributed by atoms with Crippen molar-refractivity contribution in [3.8, 4) is 5.75 Å². The zero-order valence-corrected chi connectivity index (χ0v) is 16.6. The maximum atomic E-state index is 12.5. The summed E-state index contributed by atoms with van der Waals surface area (Å²) in [5, 5.41) is 5.83. The van der Waals surface area contributed by atoms with Gasteiger partial charge in [-0.1, -0.05) is 29.8 Å². The summed E-state index contributed by atoms with van der Waals surface area (Å²) in [5.74, 6) is 0.497. The molecule has 6 heteroatoms. The Bertz CT molecular complexity index is 862. The fourth-order valence-corrected chi connectivity index (χ4v) is 3.09. The predicted molar refractivity (Wildman–Crippen MR) is 110 cm³/mol. The van der Waals surface area contributed by atoms with Gasteiger partial charge < -0.3 is 15.4 Å². The summed E-state index contributed by atoms with van der Waals surface area (Å²) in [6, 6.07) is 13.4. The topological polar surface area (TPSA) is 70.7 Å². The summed E-state index contributed by atoms with van der Waals surface area (Å²) in [5.41, 5.74) is 3.20. The van der Waals surface area contributed by atoms with Gasteiger partial charge in [-0.25, -0.2) is 0 Å². The molecule has 1 aliphatic carbocycles. The van der Waals surface area contributed by atoms with E-state index in [0.29, 0.717) is 17.8 Å². The molecule has 3 rings (SSSR count). The Balaban J connectivity index is 1.61. The molecule has 0 spiro atoms. The number of hydrogen-bond donors (Lipinski definition) is 2. The van der Waals surface area contributed by atoms with E-state index in [4.69, 9.17) is 4.74 Å². The van der Waals surface area contributed by atoms with Crippen LogP contribution in [0.15, 0.2) is 42.5 Å². The smallest absolute Gasteiger partial charge is 0.253 e. The summed E-state index contributed by atoms with van der Waals surface area (Å²) in [7, 11) is 3.53. The Morgan fingerprint density at radius 2 is 1.93 bits per heavy atom. The quantitative estimate of drug-likeness (QED) is 0.738. The molecule has 2 N–H and O–H groups in total. The number of anilines is 1. The molecule has 0 atom stereocenters. The number of likely N-dealkylation sites (N-methyl/N-ethyl adjacent to an activating group) is 1. The van der Waals surface area contributed by atoms with Crippen LogP contribution in [0, 0.1) is 6.92 Å². The summed E-state index contributed by atoms with van der Waals surface area (Å²) < 4.78 is 5.41. The second kappa shape index (κ2) is 8.89. The van der Waals surface area contributed by atoms with Crippen LogP contribution in [-0.2, 0) is 11.3 Å². The number of ether oxygens (including phenoxy) is 1. The number of nitrogens with zero attached hydrogens (tertiary/aromatic N) is 1. The molecule has 1 saturated carbocycles. The third-order valence-corrected chi connectivity index (χ3v) is 4.65. The Labute approximate surface area is 165 Å². The van der Waals surface area contributed by atoms with Crippen LogP contribution >= 0.6 is 0 Å². The van der Waals surface area contributed by atoms with Crippen LogP contribution in [0.25, 0.3) is 0 Å². The molecule has 28 heavy (non-hydrogen) atoms. The van der Waals surface area contributed by atoms with Crippen molar-refractivity contribution >= 4 is 17.5 Å². The lowest BCUT2D eigenvalue weighted by Crippen LogP contribution is -2.31. The number of para-hydroxylation sites is 1. The molecule has 6 nitrogen and oxygen atoms in total. The van der Waals surface area contributed by atoms with Gasteiger partial charge in [0, 0.05) is 18.2 Å². The highest BCUT2D eigenvalue weighted by Gasteiger charge is 2.25. The zero-order valence-electron chi connectivity index (χ0n) is 16.6. The van der Waals surface area contributed by atoms with Crippen LogP contribution in [-0.4, -0.2) is 43.5 Å². The monoisotopic (exact) mass is 381 g/mol. The van der Waals surface area contributed by atoms with Crippen molar-refractivity contribution in [1.82, 2.24) is 10.2 Å². The number of rotatable bonds is 8. The lowest BCUT2D eigenvalue weighted by atomic mass is 10.1. The minimum absolute atomic E-state index is 0.142. The summed E-state index contributed by atoms with van der Waals surface area (Å²) in [6.45, 7) is 2.82. The number of carbonyl (C=O) groups excluding carboxylic acids is 2. The van der Waals surface area contributed by atoms with Crippen molar-refractivity contribution in [2.45, 2.75) is 32.4 Å². The Morgan fingerprint density at radius 3 is 2.64 bits per heavy atom. The van der Waals surface area contributed by atoms with E-state index in [0.717, 1.165) is 29.7 Å². The maximum Gasteiger partial charge on any atom is 0.253 e. The molecular weight excluding hydrogens is 354 g/mol. The molecule has 0 aromatic heterocycles. The predicted octanol–water partition coefficient (Wildman–Crippen LogP) is 2.97. The van der Waals surface area contributed by atoms with Crippen molar-refractivity contribution in [3.05, 3.63) is 59.2 Å². The van der Waals surface area contributed by atoms with Crippen molar-refractivity contribution in [2.24, 2.45) is 0 Å². The zero-order chi connectivity index (χ0) is 20.1. The molecule has 0 unspecified atom stereocenters. The first-order valence-corrected chi connectivity index (χ1v) is 9.48. The number of benzene rings is 2. The van der Waals surface area contributed by atoms with E-state index in [2.05, 4.69) is 16.7 Å². The Kier molecular flexibility index (Phi) is 6.31. The number of aryl methyl sites for hydroxylation is 1. The van der Waals surface area contributed by atoms with E-state index in [1.54, 1.807) is 25.3 Å². The fourth-order valence-electron chi connectivity index (χ4n) is 3.09. The first-order valence-electron chi connectivity index (χ1n) is 9.48. The first-order chi connectivity index (χ1) is 13.5. The standard InChI is InChI=1S/C22H27N3O3/c1-15-8-11-20(28-3)16(12-15)13-25(2)14-21(26)24-19-7-5-4-6-18(19)22(27)23-17-9-10-17/h4-8,11-12,17H,9-10,13-14H2,1-3H3,(H,23,27)(H,24,26). The van der Waals surface area contributed by atoms with E-state index in [9.17, 15) is 9.59 Å². The molecular formula is C22H27N3O3. The third-order valence-electron chi connectivity index (χ3n) is 4.65. The van der Waals surface area contributed by atoms with E-state index < -0.39 is 0 Å². The van der Waals surface area contributed by atoms with Gasteiger partial charge in [-0.05, 0) is 45.0 Å². The van der Waals surface area contributed by atoms with Crippen LogP contribution < -0.4 is 15.4 Å². The molecule has 148 valence electrons. The summed E-state index contributed by atoms with van der Waals surface area (Å²) >= 11 is 0. The second-order valence-electron chi connectivity index (χ2n) is 7.33. The number of amides is 2. The van der Waals surface area contributed by atoms with Gasteiger partial charge in [0.15, 0.2) is 0 Å². The summed E-state index contributed by atoms with van der Waals surface area (Å²) in [4.78, 5) is 26.8. The van der Waals surface area contributed by atoms with Crippen LogP contribution in [0.5, 0.6) is 5.75 Å². The average Bonchev–Trinajstić information content (AvgIpc) is 3.46. The van der Waals surface area contributed by atoms with Crippen molar-refractivity contribution in [1.29, 1.82) is 0 Å². The molecule has 0 heterocycles. The minimum atomic E-state index is -0.166. The highest BCUT2D eigenvalue weighted by Crippen LogP contribution is 2.22. The van der Waals surface area contributed by atoms with E-state index in [-0.39, 0.29) is 24.4 Å². The van der Waals surface area contributed by atoms with Crippen molar-refractivity contribution in [3.63, 3.8) is 0 Å². The first kappa shape index (κ1) is 19.9. The van der Waals surface area contributed by atoms with Gasteiger partial charge in [0.25, 0.3) is 5.91 Å². The van der Waals surface area contributed by atoms with E-state index in [1.807, 2.05) is 37.1 Å². The van der Waals surface area contributed by atoms with Crippen LogP contribution in [0.2, 0.25) is 0 Å². The minimum Gasteiger partial charge on any atom is -0.496 e. The number of nitrogens with one attached hydrogen (secondary N) is 2. The molecule has 1 fully saturated rings. The number of carbonyl (C=O) groups is 2. The van der Waals surface area contributed by atoms with Crippen LogP contribution in [0.3, 0.4) is 0 Å². The largest absolute Gasteiger partial charge is 0.496 e. The summed E-state index contributed by atoms with van der Waals surface area (Å²) in [6.07, 6.45) is 2.04. The highest BCUT2D eigenvalue weighted by molar-refractivity contribution is 6.04. The Morgan fingerprint density at radius 1 is 1.18 bits per heavy atom. The molecule has 2 amide bonds. The lowest BCUT2D eigenvalue weighted by molar-refractivity contribution is -0.117. The van der Waals surface area contributed by atoms with Gasteiger partial charge >= 0.3 is 0 Å². The van der Waals surface area contributed by atoms with Gasteiger partial charge in [-0.2, -0.15) is 0 Å².